The number of aromatic nitrogens is 1. The van der Waals surface area contributed by atoms with Crippen LogP contribution in [0.5, 0.6) is 0 Å². The molecule has 1 saturated heterocycles. The third-order valence-corrected chi connectivity index (χ3v) is 6.81. The van der Waals surface area contributed by atoms with Crippen LogP contribution in [0.1, 0.15) is 24.1 Å². The number of carbonyl (C=O) groups excluding carboxylic acids is 1. The van der Waals surface area contributed by atoms with Crippen LogP contribution >= 0.6 is 34.5 Å². The molecule has 31 heavy (non-hydrogen) atoms. The molecular formula is C23H24Cl2N4OS. The highest BCUT2D eigenvalue weighted by Gasteiger charge is 2.21. The molecule has 5 nitrogen and oxygen atoms in total. The fourth-order valence-electron chi connectivity index (χ4n) is 3.67. The maximum Gasteiger partial charge on any atom is 0.226 e. The van der Waals surface area contributed by atoms with Gasteiger partial charge in [-0.25, -0.2) is 4.98 Å². The van der Waals surface area contributed by atoms with Crippen molar-refractivity contribution in [2.75, 3.05) is 18.4 Å². The molecule has 0 atom stereocenters. The number of halogens is 2. The number of rotatable bonds is 7. The zero-order valence-electron chi connectivity index (χ0n) is 17.0. The van der Waals surface area contributed by atoms with Crippen molar-refractivity contribution in [3.63, 3.8) is 0 Å². The summed E-state index contributed by atoms with van der Waals surface area (Å²) in [5.41, 5.74) is 2.93. The summed E-state index contributed by atoms with van der Waals surface area (Å²) < 4.78 is 0. The summed E-state index contributed by atoms with van der Waals surface area (Å²) in [5, 5.41) is 10.3. The Hall–Kier alpha value is -2.12. The third-order valence-electron chi connectivity index (χ3n) is 5.26. The van der Waals surface area contributed by atoms with Gasteiger partial charge in [-0.3, -0.25) is 9.69 Å². The predicted octanol–water partition coefficient (Wildman–Crippen LogP) is 5.52. The van der Waals surface area contributed by atoms with E-state index in [0.29, 0.717) is 16.5 Å². The van der Waals surface area contributed by atoms with E-state index in [-0.39, 0.29) is 11.9 Å². The quantitative estimate of drug-likeness (QED) is 0.473. The van der Waals surface area contributed by atoms with Gasteiger partial charge in [-0.2, -0.15) is 0 Å². The monoisotopic (exact) mass is 474 g/mol. The van der Waals surface area contributed by atoms with Crippen LogP contribution < -0.4 is 10.6 Å². The molecule has 1 aliphatic heterocycles. The first-order valence-electron chi connectivity index (χ1n) is 10.3. The largest absolute Gasteiger partial charge is 0.353 e. The summed E-state index contributed by atoms with van der Waals surface area (Å²) in [4.78, 5) is 19.4. The Kier molecular flexibility index (Phi) is 7.45. The Bertz CT molecular complexity index is 1020. The molecule has 0 bridgehead atoms. The van der Waals surface area contributed by atoms with Gasteiger partial charge in [0.25, 0.3) is 0 Å². The number of anilines is 2. The number of likely N-dealkylation sites (tertiary alicyclic amines) is 1. The number of nitrogens with zero attached hydrogens (tertiary/aromatic N) is 2. The molecular weight excluding hydrogens is 451 g/mol. The second-order valence-corrected chi connectivity index (χ2v) is 9.35. The fraction of sp³-hybridized carbons (Fsp3) is 0.304. The highest BCUT2D eigenvalue weighted by atomic mass is 35.5. The molecule has 2 N–H and O–H groups in total. The molecule has 2 aromatic carbocycles. The van der Waals surface area contributed by atoms with E-state index in [1.54, 1.807) is 0 Å². The summed E-state index contributed by atoms with van der Waals surface area (Å²) >= 11 is 13.6. The number of amides is 1. The molecule has 0 radical (unpaired) electrons. The van der Waals surface area contributed by atoms with Gasteiger partial charge in [0.15, 0.2) is 5.13 Å². The lowest BCUT2D eigenvalue weighted by Gasteiger charge is -2.32. The molecule has 1 aromatic heterocycles. The number of carbonyl (C=O) groups is 1. The van der Waals surface area contributed by atoms with Crippen LogP contribution in [0.2, 0.25) is 10.0 Å². The Morgan fingerprint density at radius 3 is 2.61 bits per heavy atom. The second kappa shape index (κ2) is 10.5. The van der Waals surface area contributed by atoms with Gasteiger partial charge < -0.3 is 10.6 Å². The Labute approximate surface area is 196 Å². The molecule has 0 aliphatic carbocycles. The Morgan fingerprint density at radius 1 is 1.10 bits per heavy atom. The molecule has 0 spiro atoms. The Morgan fingerprint density at radius 2 is 1.87 bits per heavy atom. The number of nitrogens with one attached hydrogen (secondary N) is 2. The lowest BCUT2D eigenvalue weighted by atomic mass is 10.0. The fourth-order valence-corrected chi connectivity index (χ4v) is 4.72. The number of hydrogen-bond acceptors (Lipinski definition) is 5. The van der Waals surface area contributed by atoms with E-state index in [9.17, 15) is 4.79 Å². The van der Waals surface area contributed by atoms with Crippen molar-refractivity contribution >= 4 is 51.3 Å². The van der Waals surface area contributed by atoms with E-state index < -0.39 is 0 Å². The molecule has 0 saturated carbocycles. The molecule has 3 aromatic rings. The summed E-state index contributed by atoms with van der Waals surface area (Å²) in [6.45, 7) is 2.72. The molecule has 1 fully saturated rings. The predicted molar refractivity (Wildman–Crippen MR) is 128 cm³/mol. The van der Waals surface area contributed by atoms with E-state index in [1.807, 2.05) is 53.9 Å². The molecule has 2 heterocycles. The van der Waals surface area contributed by atoms with Gasteiger partial charge in [-0.15, -0.1) is 11.3 Å². The van der Waals surface area contributed by atoms with Crippen LogP contribution in [0.4, 0.5) is 10.8 Å². The third kappa shape index (κ3) is 6.43. The zero-order chi connectivity index (χ0) is 21.6. The zero-order valence-corrected chi connectivity index (χ0v) is 19.3. The number of para-hydroxylation sites is 1. The van der Waals surface area contributed by atoms with Crippen molar-refractivity contribution < 1.29 is 4.79 Å². The van der Waals surface area contributed by atoms with Crippen LogP contribution in [0.15, 0.2) is 53.9 Å². The van der Waals surface area contributed by atoms with Crippen molar-refractivity contribution in [3.8, 4) is 0 Å². The number of hydrogen-bond donors (Lipinski definition) is 2. The maximum atomic E-state index is 12.5. The summed E-state index contributed by atoms with van der Waals surface area (Å²) in [6.07, 6.45) is 2.17. The van der Waals surface area contributed by atoms with E-state index in [2.05, 4.69) is 20.5 Å². The summed E-state index contributed by atoms with van der Waals surface area (Å²) in [7, 11) is 0. The smallest absolute Gasteiger partial charge is 0.226 e. The van der Waals surface area contributed by atoms with Gasteiger partial charge in [-0.05, 0) is 42.7 Å². The van der Waals surface area contributed by atoms with Gasteiger partial charge >= 0.3 is 0 Å². The minimum atomic E-state index is 0.0273. The van der Waals surface area contributed by atoms with Crippen LogP contribution in [0.3, 0.4) is 0 Å². The first-order valence-corrected chi connectivity index (χ1v) is 11.9. The minimum absolute atomic E-state index is 0.0273. The lowest BCUT2D eigenvalue weighted by molar-refractivity contribution is -0.121. The molecule has 1 amide bonds. The number of benzene rings is 2. The average Bonchev–Trinajstić information content (AvgIpc) is 3.19. The average molecular weight is 475 g/mol. The standard InChI is InChI=1S/C23H24Cl2N4OS/c24-20-7-6-16(12-21(20)25)14-29-10-8-18(9-11-29)26-22(30)13-19-15-31-23(28-19)27-17-4-2-1-3-5-17/h1-7,12,15,18H,8-11,13-14H2,(H,26,30)(H,27,28). The van der Waals surface area contributed by atoms with Crippen LogP contribution in [0.25, 0.3) is 0 Å². The molecule has 4 rings (SSSR count). The van der Waals surface area contributed by atoms with Crippen molar-refractivity contribution in [3.05, 3.63) is 75.2 Å². The molecule has 8 heteroatoms. The van der Waals surface area contributed by atoms with Crippen LogP contribution in [-0.2, 0) is 17.8 Å². The van der Waals surface area contributed by atoms with Crippen molar-refractivity contribution in [1.82, 2.24) is 15.2 Å². The van der Waals surface area contributed by atoms with Gasteiger partial charge in [0.05, 0.1) is 22.2 Å². The van der Waals surface area contributed by atoms with E-state index in [1.165, 1.54) is 11.3 Å². The van der Waals surface area contributed by atoms with Crippen LogP contribution in [-0.4, -0.2) is 34.9 Å². The molecule has 162 valence electrons. The molecule has 1 aliphatic rings. The van der Waals surface area contributed by atoms with Crippen molar-refractivity contribution in [2.24, 2.45) is 0 Å². The van der Waals surface area contributed by atoms with Crippen molar-refractivity contribution in [2.45, 2.75) is 31.8 Å². The van der Waals surface area contributed by atoms with E-state index in [4.69, 9.17) is 23.2 Å². The van der Waals surface area contributed by atoms with Crippen LogP contribution in [0, 0.1) is 0 Å². The van der Waals surface area contributed by atoms with Crippen molar-refractivity contribution in [1.29, 1.82) is 0 Å². The van der Waals surface area contributed by atoms with Gasteiger partial charge in [0, 0.05) is 36.7 Å². The summed E-state index contributed by atoms with van der Waals surface area (Å²) in [5.74, 6) is 0.0273. The van der Waals surface area contributed by atoms with E-state index in [0.717, 1.165) is 54.6 Å². The molecule has 0 unspecified atom stereocenters. The Balaban J connectivity index is 1.21. The van der Waals surface area contributed by atoms with Gasteiger partial charge in [-0.1, -0.05) is 47.5 Å². The van der Waals surface area contributed by atoms with Gasteiger partial charge in [0.1, 0.15) is 0 Å². The lowest BCUT2D eigenvalue weighted by Crippen LogP contribution is -2.44. The topological polar surface area (TPSA) is 57.3 Å². The maximum absolute atomic E-state index is 12.5. The van der Waals surface area contributed by atoms with Gasteiger partial charge in [0.2, 0.25) is 5.91 Å². The first-order chi connectivity index (χ1) is 15.0. The minimum Gasteiger partial charge on any atom is -0.353 e. The number of thiazole rings is 1. The highest BCUT2D eigenvalue weighted by Crippen LogP contribution is 2.24. The second-order valence-electron chi connectivity index (χ2n) is 7.68. The number of piperidine rings is 1. The highest BCUT2D eigenvalue weighted by molar-refractivity contribution is 7.13. The van der Waals surface area contributed by atoms with E-state index >= 15 is 0 Å². The summed E-state index contributed by atoms with van der Waals surface area (Å²) in [6, 6.07) is 15.9. The first kappa shape index (κ1) is 22.1. The normalized spacial score (nSPS) is 15.0. The SMILES string of the molecule is O=C(Cc1csc(Nc2ccccc2)n1)NC1CCN(Cc2ccc(Cl)c(Cl)c2)CC1.